The predicted molar refractivity (Wildman–Crippen MR) is 147 cm³/mol. The maximum absolute atomic E-state index is 14.0. The summed E-state index contributed by atoms with van der Waals surface area (Å²) in [4.78, 5) is 7.47. The number of aliphatic imine (C=N–C) groups is 1. The lowest BCUT2D eigenvalue weighted by Gasteiger charge is -2.41. The van der Waals surface area contributed by atoms with Crippen molar-refractivity contribution in [3.05, 3.63) is 123 Å². The number of fused-ring (bicyclic) bond motifs is 1. The van der Waals surface area contributed by atoms with E-state index in [9.17, 15) is 8.78 Å². The molecule has 0 fully saturated rings. The second-order valence-corrected chi connectivity index (χ2v) is 10.5. The van der Waals surface area contributed by atoms with Gasteiger partial charge in [0.05, 0.1) is 24.5 Å². The van der Waals surface area contributed by atoms with Gasteiger partial charge in [0.2, 0.25) is 0 Å². The molecule has 0 spiro atoms. The lowest BCUT2D eigenvalue weighted by molar-refractivity contribution is 0.414. The van der Waals surface area contributed by atoms with Gasteiger partial charge in [0.1, 0.15) is 17.4 Å². The molecule has 0 radical (unpaired) electrons. The van der Waals surface area contributed by atoms with Gasteiger partial charge in [0.25, 0.3) is 0 Å². The van der Waals surface area contributed by atoms with Gasteiger partial charge in [-0.15, -0.1) is 0 Å². The van der Waals surface area contributed by atoms with Crippen LogP contribution in [0, 0.1) is 17.6 Å². The first kappa shape index (κ1) is 23.7. The quantitative estimate of drug-likeness (QED) is 0.352. The summed E-state index contributed by atoms with van der Waals surface area (Å²) in [7, 11) is 1.66. The van der Waals surface area contributed by atoms with Crippen LogP contribution in [0.5, 0.6) is 5.75 Å². The Kier molecular flexibility index (Phi) is 6.21. The number of halogens is 2. The number of nitrogens with zero attached hydrogens (tertiary/aromatic N) is 2. The van der Waals surface area contributed by atoms with Crippen LogP contribution in [0.4, 0.5) is 8.78 Å². The summed E-state index contributed by atoms with van der Waals surface area (Å²) < 4.78 is 32.8. The molecule has 0 amide bonds. The van der Waals surface area contributed by atoms with E-state index in [1.165, 1.54) is 29.8 Å². The van der Waals surface area contributed by atoms with E-state index < -0.39 is 0 Å². The smallest absolute Gasteiger partial charge is 0.174 e. The molecule has 1 aliphatic carbocycles. The van der Waals surface area contributed by atoms with Crippen molar-refractivity contribution in [2.75, 3.05) is 7.11 Å². The molecule has 3 aromatic carbocycles. The van der Waals surface area contributed by atoms with Crippen molar-refractivity contribution in [1.29, 1.82) is 0 Å². The Morgan fingerprint density at radius 2 is 1.59 bits per heavy atom. The van der Waals surface area contributed by atoms with Gasteiger partial charge in [0, 0.05) is 5.41 Å². The van der Waals surface area contributed by atoms with Gasteiger partial charge in [-0.3, -0.25) is 0 Å². The van der Waals surface area contributed by atoms with Crippen LogP contribution in [0.1, 0.15) is 42.5 Å². The minimum absolute atomic E-state index is 0.106. The maximum atomic E-state index is 14.0. The molecule has 0 saturated heterocycles. The van der Waals surface area contributed by atoms with Gasteiger partial charge < -0.3 is 9.64 Å². The Hall–Kier alpha value is -3.64. The van der Waals surface area contributed by atoms with Crippen molar-refractivity contribution >= 4 is 28.7 Å². The third kappa shape index (κ3) is 4.51. The van der Waals surface area contributed by atoms with E-state index in [2.05, 4.69) is 35.4 Å². The zero-order chi connectivity index (χ0) is 25.5. The molecule has 3 aromatic rings. The van der Waals surface area contributed by atoms with E-state index in [4.69, 9.17) is 9.73 Å². The first-order valence-electron chi connectivity index (χ1n) is 12.3. The van der Waals surface area contributed by atoms with E-state index in [0.717, 1.165) is 57.4 Å². The summed E-state index contributed by atoms with van der Waals surface area (Å²) in [5.41, 5.74) is 7.49. The summed E-state index contributed by atoms with van der Waals surface area (Å²) in [5.74, 6) is 0.717. The fraction of sp³-hybridized carbons (Fsp3) is 0.194. The largest absolute Gasteiger partial charge is 0.497 e. The Bertz CT molecular complexity index is 1450. The minimum atomic E-state index is -0.252. The van der Waals surface area contributed by atoms with E-state index >= 15 is 0 Å². The Balaban J connectivity index is 1.49. The standard InChI is InChI=1S/C31H26F2N2OS/c1-19-15-23(17-20-3-9-24(32)10-4-20)29-27(16-19)30(22-5-11-25(33)12-6-22)35-28(18-37-31(35)34-29)21-7-13-26(36-2)14-8-21/h3-14,17-19,30H,15-16H2,1-2H3. The Morgan fingerprint density at radius 1 is 0.919 bits per heavy atom. The van der Waals surface area contributed by atoms with Crippen LogP contribution in [0.3, 0.4) is 0 Å². The van der Waals surface area contributed by atoms with Crippen LogP contribution in [-0.2, 0) is 0 Å². The molecule has 3 nitrogen and oxygen atoms in total. The summed E-state index contributed by atoms with van der Waals surface area (Å²) >= 11 is 1.61. The van der Waals surface area contributed by atoms with Gasteiger partial charge in [-0.2, -0.15) is 0 Å². The second kappa shape index (κ2) is 9.67. The van der Waals surface area contributed by atoms with Gasteiger partial charge in [-0.1, -0.05) is 43.0 Å². The molecule has 0 aromatic heterocycles. The highest BCUT2D eigenvalue weighted by molar-refractivity contribution is 8.16. The zero-order valence-corrected chi connectivity index (χ0v) is 21.4. The first-order chi connectivity index (χ1) is 18.0. The number of ether oxygens (including phenoxy) is 1. The maximum Gasteiger partial charge on any atom is 0.174 e. The van der Waals surface area contributed by atoms with Crippen LogP contribution >= 0.6 is 11.8 Å². The normalized spacial score (nSPS) is 21.9. The van der Waals surface area contributed by atoms with Crippen molar-refractivity contribution in [2.45, 2.75) is 25.8 Å². The van der Waals surface area contributed by atoms with Crippen molar-refractivity contribution in [3.8, 4) is 5.75 Å². The molecule has 6 heteroatoms. The van der Waals surface area contributed by atoms with Crippen molar-refractivity contribution in [1.82, 2.24) is 4.90 Å². The summed E-state index contributed by atoms with van der Waals surface area (Å²) in [6.07, 6.45) is 3.92. The number of rotatable bonds is 4. The Labute approximate surface area is 219 Å². The minimum Gasteiger partial charge on any atom is -0.497 e. The van der Waals surface area contributed by atoms with Crippen LogP contribution in [-0.4, -0.2) is 17.2 Å². The summed E-state index contributed by atoms with van der Waals surface area (Å²) in [6, 6.07) is 21.3. The molecule has 0 saturated carbocycles. The van der Waals surface area contributed by atoms with E-state index in [1.54, 1.807) is 31.0 Å². The molecule has 3 aliphatic rings. The van der Waals surface area contributed by atoms with Crippen LogP contribution < -0.4 is 4.74 Å². The highest BCUT2D eigenvalue weighted by atomic mass is 32.2. The van der Waals surface area contributed by atoms with Crippen molar-refractivity contribution in [3.63, 3.8) is 0 Å². The van der Waals surface area contributed by atoms with Crippen LogP contribution in [0.2, 0.25) is 0 Å². The lowest BCUT2D eigenvalue weighted by atomic mass is 9.78. The van der Waals surface area contributed by atoms with Crippen molar-refractivity contribution < 1.29 is 13.5 Å². The molecule has 2 unspecified atom stereocenters. The fourth-order valence-corrected chi connectivity index (χ4v) is 6.29. The number of hydrogen-bond acceptors (Lipinski definition) is 4. The first-order valence-corrected chi connectivity index (χ1v) is 13.2. The topological polar surface area (TPSA) is 24.8 Å². The molecule has 2 aliphatic heterocycles. The molecule has 2 heterocycles. The average molecular weight is 513 g/mol. The molecular weight excluding hydrogens is 486 g/mol. The highest BCUT2D eigenvalue weighted by Gasteiger charge is 2.41. The monoisotopic (exact) mass is 512 g/mol. The number of allylic oxidation sites excluding steroid dienone is 1. The summed E-state index contributed by atoms with van der Waals surface area (Å²) in [6.45, 7) is 2.25. The SMILES string of the molecule is COc1ccc(C2=CSC3=NC4=C(CC(C)CC4=Cc4ccc(F)cc4)C(c4ccc(F)cc4)N23)cc1. The molecular formula is C31H26F2N2OS. The number of amidine groups is 1. The average Bonchev–Trinajstić information content (AvgIpc) is 3.33. The third-order valence-electron chi connectivity index (χ3n) is 7.06. The number of methoxy groups -OCH3 is 1. The third-order valence-corrected chi connectivity index (χ3v) is 7.90. The number of benzene rings is 3. The molecule has 37 heavy (non-hydrogen) atoms. The molecule has 0 bridgehead atoms. The van der Waals surface area contributed by atoms with Crippen LogP contribution in [0.15, 0.2) is 100 Å². The number of thioether (sulfide) groups is 1. The van der Waals surface area contributed by atoms with E-state index in [0.29, 0.717) is 5.92 Å². The molecule has 0 N–H and O–H groups in total. The predicted octanol–water partition coefficient (Wildman–Crippen LogP) is 8.20. The summed E-state index contributed by atoms with van der Waals surface area (Å²) in [5, 5.41) is 3.04. The van der Waals surface area contributed by atoms with E-state index in [-0.39, 0.29) is 17.7 Å². The van der Waals surface area contributed by atoms with E-state index in [1.807, 2.05) is 24.3 Å². The van der Waals surface area contributed by atoms with Crippen molar-refractivity contribution in [2.24, 2.45) is 10.9 Å². The number of hydrogen-bond donors (Lipinski definition) is 0. The second-order valence-electron chi connectivity index (χ2n) is 9.68. The fourth-order valence-electron chi connectivity index (χ4n) is 5.37. The van der Waals surface area contributed by atoms with Gasteiger partial charge in [-0.05, 0) is 101 Å². The molecule has 186 valence electrons. The lowest BCUT2D eigenvalue weighted by Crippen LogP contribution is -2.35. The highest BCUT2D eigenvalue weighted by Crippen LogP contribution is 2.52. The van der Waals surface area contributed by atoms with Gasteiger partial charge in [-0.25, -0.2) is 13.8 Å². The molecule has 2 atom stereocenters. The zero-order valence-electron chi connectivity index (χ0n) is 20.6. The van der Waals surface area contributed by atoms with Gasteiger partial charge >= 0.3 is 0 Å². The molecule has 6 rings (SSSR count). The Morgan fingerprint density at radius 3 is 2.27 bits per heavy atom. The van der Waals surface area contributed by atoms with Gasteiger partial charge in [0.15, 0.2) is 5.17 Å². The van der Waals surface area contributed by atoms with Crippen LogP contribution in [0.25, 0.3) is 11.8 Å².